The number of likely N-dealkylation sites (tertiary alicyclic amines) is 1. The lowest BCUT2D eigenvalue weighted by atomic mass is 10.1. The maximum atomic E-state index is 12.6. The van der Waals surface area contributed by atoms with Crippen molar-refractivity contribution >= 4 is 17.6 Å². The Morgan fingerprint density at radius 3 is 2.61 bits per heavy atom. The molecule has 0 aromatic carbocycles. The van der Waals surface area contributed by atoms with Crippen molar-refractivity contribution in [2.24, 2.45) is 0 Å². The van der Waals surface area contributed by atoms with E-state index in [1.807, 2.05) is 29.2 Å². The molecule has 0 radical (unpaired) electrons. The van der Waals surface area contributed by atoms with E-state index in [0.29, 0.717) is 24.3 Å². The van der Waals surface area contributed by atoms with Gasteiger partial charge in [-0.25, -0.2) is 4.79 Å². The Hall–Kier alpha value is -2.64. The lowest BCUT2D eigenvalue weighted by Crippen LogP contribution is -2.41. The standard InChI is InChI=1S/C20H30N6O2/c1-5-16(6-2)22-19(27)15-7-8-17-23-24-18(26(17)12-15)14-9-10-25(11-14)20(28)21-13(3)4/h7-8,12-14,16H,5-6,9-11H2,1-4H3,(H,21,28)(H,22,27)/t14-/m1/s1. The highest BCUT2D eigenvalue weighted by Crippen LogP contribution is 2.26. The first kappa shape index (κ1) is 20.1. The number of rotatable bonds is 6. The van der Waals surface area contributed by atoms with Crippen LogP contribution in [0.1, 0.15) is 69.1 Å². The monoisotopic (exact) mass is 386 g/mol. The minimum absolute atomic E-state index is 0.0449. The number of nitrogens with one attached hydrogen (secondary N) is 2. The summed E-state index contributed by atoms with van der Waals surface area (Å²) in [6.45, 7) is 9.32. The molecule has 152 valence electrons. The summed E-state index contributed by atoms with van der Waals surface area (Å²) in [5.74, 6) is 0.817. The van der Waals surface area contributed by atoms with E-state index in [1.165, 1.54) is 0 Å². The van der Waals surface area contributed by atoms with Crippen molar-refractivity contribution in [2.45, 2.75) is 65.0 Å². The van der Waals surface area contributed by atoms with Crippen LogP contribution in [0.15, 0.2) is 18.3 Å². The largest absolute Gasteiger partial charge is 0.349 e. The molecule has 0 aliphatic carbocycles. The number of fused-ring (bicyclic) bond motifs is 1. The van der Waals surface area contributed by atoms with Gasteiger partial charge in [-0.3, -0.25) is 9.20 Å². The van der Waals surface area contributed by atoms with Crippen LogP contribution in [0, 0.1) is 0 Å². The third kappa shape index (κ3) is 4.26. The molecular formula is C20H30N6O2. The highest BCUT2D eigenvalue weighted by atomic mass is 16.2. The van der Waals surface area contributed by atoms with Gasteiger partial charge in [-0.1, -0.05) is 13.8 Å². The molecular weight excluding hydrogens is 356 g/mol. The van der Waals surface area contributed by atoms with Gasteiger partial charge in [0.15, 0.2) is 5.65 Å². The normalized spacial score (nSPS) is 16.9. The number of aromatic nitrogens is 3. The van der Waals surface area contributed by atoms with E-state index >= 15 is 0 Å². The van der Waals surface area contributed by atoms with Gasteiger partial charge in [0.2, 0.25) is 0 Å². The zero-order valence-electron chi connectivity index (χ0n) is 17.1. The van der Waals surface area contributed by atoms with Crippen LogP contribution in [0.3, 0.4) is 0 Å². The van der Waals surface area contributed by atoms with Crippen molar-refractivity contribution in [3.8, 4) is 0 Å². The SMILES string of the molecule is CCC(CC)NC(=O)c1ccc2nnc([C@@H]3CCN(C(=O)NC(C)C)C3)n2c1. The predicted molar refractivity (Wildman–Crippen MR) is 107 cm³/mol. The zero-order chi connectivity index (χ0) is 20.3. The van der Waals surface area contributed by atoms with Gasteiger partial charge in [0.1, 0.15) is 5.82 Å². The van der Waals surface area contributed by atoms with E-state index in [1.54, 1.807) is 12.3 Å². The van der Waals surface area contributed by atoms with Gasteiger partial charge in [0.25, 0.3) is 5.91 Å². The molecule has 3 heterocycles. The third-order valence-corrected chi connectivity index (χ3v) is 5.26. The minimum Gasteiger partial charge on any atom is -0.349 e. The molecule has 8 nitrogen and oxygen atoms in total. The van der Waals surface area contributed by atoms with Crippen molar-refractivity contribution in [3.05, 3.63) is 29.7 Å². The summed E-state index contributed by atoms with van der Waals surface area (Å²) in [6, 6.07) is 3.83. The van der Waals surface area contributed by atoms with E-state index in [-0.39, 0.29) is 29.9 Å². The van der Waals surface area contributed by atoms with Crippen LogP contribution >= 0.6 is 0 Å². The molecule has 28 heavy (non-hydrogen) atoms. The molecule has 1 saturated heterocycles. The molecule has 0 saturated carbocycles. The first-order valence-corrected chi connectivity index (χ1v) is 10.1. The molecule has 2 aromatic heterocycles. The number of pyridine rings is 1. The van der Waals surface area contributed by atoms with Crippen LogP contribution in [0.5, 0.6) is 0 Å². The Morgan fingerprint density at radius 1 is 1.18 bits per heavy atom. The molecule has 2 aromatic rings. The first-order chi connectivity index (χ1) is 13.4. The lowest BCUT2D eigenvalue weighted by molar-refractivity contribution is 0.0934. The molecule has 1 atom stereocenters. The average Bonchev–Trinajstić information content (AvgIpc) is 3.31. The Balaban J connectivity index is 1.78. The average molecular weight is 387 g/mol. The van der Waals surface area contributed by atoms with Crippen molar-refractivity contribution in [1.82, 2.24) is 30.1 Å². The summed E-state index contributed by atoms with van der Waals surface area (Å²) in [4.78, 5) is 26.7. The molecule has 0 unspecified atom stereocenters. The maximum Gasteiger partial charge on any atom is 0.317 e. The van der Waals surface area contributed by atoms with Crippen LogP contribution in [0.2, 0.25) is 0 Å². The minimum atomic E-state index is -0.0837. The highest BCUT2D eigenvalue weighted by Gasteiger charge is 2.30. The Kier molecular flexibility index (Phi) is 6.16. The summed E-state index contributed by atoms with van der Waals surface area (Å²) in [7, 11) is 0. The summed E-state index contributed by atoms with van der Waals surface area (Å²) < 4.78 is 1.89. The van der Waals surface area contributed by atoms with Gasteiger partial charge in [-0.05, 0) is 45.2 Å². The quantitative estimate of drug-likeness (QED) is 0.798. The number of urea groups is 1. The van der Waals surface area contributed by atoms with E-state index in [9.17, 15) is 9.59 Å². The highest BCUT2D eigenvalue weighted by molar-refractivity contribution is 5.94. The molecule has 1 aliphatic rings. The van der Waals surface area contributed by atoms with Crippen LogP contribution in [0.4, 0.5) is 4.79 Å². The van der Waals surface area contributed by atoms with Crippen LogP contribution < -0.4 is 10.6 Å². The number of carbonyl (C=O) groups excluding carboxylic acids is 2. The smallest absolute Gasteiger partial charge is 0.317 e. The van der Waals surface area contributed by atoms with Crippen molar-refractivity contribution in [3.63, 3.8) is 0 Å². The first-order valence-electron chi connectivity index (χ1n) is 10.1. The summed E-state index contributed by atoms with van der Waals surface area (Å²) in [6.07, 6.45) is 4.44. The molecule has 0 bridgehead atoms. The van der Waals surface area contributed by atoms with Gasteiger partial charge in [0, 0.05) is 37.3 Å². The summed E-state index contributed by atoms with van der Waals surface area (Å²) in [5.41, 5.74) is 1.30. The second-order valence-electron chi connectivity index (χ2n) is 7.73. The Labute approximate surface area is 165 Å². The molecule has 1 fully saturated rings. The third-order valence-electron chi connectivity index (χ3n) is 5.26. The van der Waals surface area contributed by atoms with E-state index in [4.69, 9.17) is 0 Å². The van der Waals surface area contributed by atoms with Gasteiger partial charge in [-0.15, -0.1) is 10.2 Å². The Morgan fingerprint density at radius 2 is 1.93 bits per heavy atom. The second-order valence-corrected chi connectivity index (χ2v) is 7.73. The van der Waals surface area contributed by atoms with Gasteiger partial charge < -0.3 is 15.5 Å². The van der Waals surface area contributed by atoms with Crippen LogP contribution in [-0.2, 0) is 0 Å². The topological polar surface area (TPSA) is 91.6 Å². The molecule has 1 aliphatic heterocycles. The van der Waals surface area contributed by atoms with E-state index < -0.39 is 0 Å². The van der Waals surface area contributed by atoms with Crippen LogP contribution in [0.25, 0.3) is 5.65 Å². The van der Waals surface area contributed by atoms with Crippen molar-refractivity contribution < 1.29 is 9.59 Å². The number of hydrogen-bond donors (Lipinski definition) is 2. The fourth-order valence-corrected chi connectivity index (χ4v) is 3.58. The van der Waals surface area contributed by atoms with Gasteiger partial charge in [0.05, 0.1) is 5.56 Å². The van der Waals surface area contributed by atoms with E-state index in [2.05, 4.69) is 34.7 Å². The molecule has 8 heteroatoms. The van der Waals surface area contributed by atoms with E-state index in [0.717, 1.165) is 25.1 Å². The number of amides is 3. The maximum absolute atomic E-state index is 12.6. The Bertz CT molecular complexity index is 842. The van der Waals surface area contributed by atoms with Crippen LogP contribution in [-0.4, -0.2) is 56.6 Å². The summed E-state index contributed by atoms with van der Waals surface area (Å²) in [5, 5.41) is 14.6. The fraction of sp³-hybridized carbons (Fsp3) is 0.600. The second kappa shape index (κ2) is 8.58. The fourth-order valence-electron chi connectivity index (χ4n) is 3.58. The lowest BCUT2D eigenvalue weighted by Gasteiger charge is -2.19. The molecule has 2 N–H and O–H groups in total. The molecule has 3 amide bonds. The van der Waals surface area contributed by atoms with Gasteiger partial charge in [-0.2, -0.15) is 0 Å². The predicted octanol–water partition coefficient (Wildman–Crippen LogP) is 2.56. The zero-order valence-corrected chi connectivity index (χ0v) is 17.1. The molecule has 0 spiro atoms. The van der Waals surface area contributed by atoms with Crippen molar-refractivity contribution in [2.75, 3.05) is 13.1 Å². The summed E-state index contributed by atoms with van der Waals surface area (Å²) >= 11 is 0. The van der Waals surface area contributed by atoms with Gasteiger partial charge >= 0.3 is 6.03 Å². The number of carbonyl (C=O) groups is 2. The molecule has 3 rings (SSSR count). The van der Waals surface area contributed by atoms with Crippen molar-refractivity contribution in [1.29, 1.82) is 0 Å². The number of nitrogens with zero attached hydrogens (tertiary/aromatic N) is 4. The number of hydrogen-bond acceptors (Lipinski definition) is 4.